The zero-order chi connectivity index (χ0) is 22.3. The molecule has 0 aromatic heterocycles. The van der Waals surface area contributed by atoms with Crippen LogP contribution in [0.1, 0.15) is 37.3 Å². The van der Waals surface area contributed by atoms with Crippen LogP contribution in [0.25, 0.3) is 5.57 Å². The minimum atomic E-state index is -4.02. The van der Waals surface area contributed by atoms with Gasteiger partial charge in [-0.3, -0.25) is 0 Å². The van der Waals surface area contributed by atoms with Crippen LogP contribution in [0.5, 0.6) is 0 Å². The van der Waals surface area contributed by atoms with Crippen molar-refractivity contribution in [3.05, 3.63) is 106 Å². The van der Waals surface area contributed by atoms with E-state index in [1.54, 1.807) is 12.1 Å². The lowest BCUT2D eigenvalue weighted by atomic mass is 9.95. The molecular weight excluding hydrogens is 430 g/mol. The molecule has 31 heavy (non-hydrogen) atoms. The number of sulfone groups is 1. The summed E-state index contributed by atoms with van der Waals surface area (Å²) in [5.74, 6) is 0. The monoisotopic (exact) mass is 453 g/mol. The van der Waals surface area contributed by atoms with Crippen LogP contribution in [0, 0.1) is 0 Å². The van der Waals surface area contributed by atoms with Crippen molar-refractivity contribution in [2.24, 2.45) is 5.16 Å². The highest BCUT2D eigenvalue weighted by atomic mass is 35.5. The van der Waals surface area contributed by atoms with Crippen LogP contribution in [-0.4, -0.2) is 19.3 Å². The van der Waals surface area contributed by atoms with Crippen molar-refractivity contribution in [1.29, 1.82) is 0 Å². The number of rotatable bonds is 8. The normalized spacial score (nSPS) is 11.9. The van der Waals surface area contributed by atoms with E-state index in [1.807, 2.05) is 67.6 Å². The first-order valence-corrected chi connectivity index (χ1v) is 11.9. The second-order valence-corrected chi connectivity index (χ2v) is 9.37. The zero-order valence-corrected chi connectivity index (χ0v) is 18.8. The summed E-state index contributed by atoms with van der Waals surface area (Å²) in [7, 11) is -4.02. The van der Waals surface area contributed by atoms with E-state index < -0.39 is 9.84 Å². The summed E-state index contributed by atoms with van der Waals surface area (Å²) in [4.78, 5) is 0.0945. The number of unbranched alkanes of at least 4 members (excludes halogenated alkanes) is 1. The molecule has 0 bridgehead atoms. The molecule has 0 fully saturated rings. The largest absolute Gasteiger partial charge is 0.411 e. The Balaban J connectivity index is 2.41. The molecule has 3 aromatic rings. The first kappa shape index (κ1) is 22.8. The van der Waals surface area contributed by atoms with Crippen molar-refractivity contribution in [2.75, 3.05) is 0 Å². The van der Waals surface area contributed by atoms with E-state index in [4.69, 9.17) is 11.6 Å². The van der Waals surface area contributed by atoms with Crippen LogP contribution >= 0.6 is 11.6 Å². The molecule has 160 valence electrons. The molecule has 0 spiro atoms. The van der Waals surface area contributed by atoms with Crippen LogP contribution < -0.4 is 0 Å². The Hall–Kier alpha value is -2.89. The van der Waals surface area contributed by atoms with E-state index in [-0.39, 0.29) is 15.5 Å². The van der Waals surface area contributed by atoms with Gasteiger partial charge in [0.05, 0.1) is 10.6 Å². The molecule has 0 radical (unpaired) electrons. The highest BCUT2D eigenvalue weighted by Gasteiger charge is 2.30. The van der Waals surface area contributed by atoms with Crippen LogP contribution in [0.2, 0.25) is 5.02 Å². The molecule has 0 saturated heterocycles. The fourth-order valence-corrected chi connectivity index (χ4v) is 5.17. The molecule has 0 saturated carbocycles. The second-order valence-electron chi connectivity index (χ2n) is 7.04. The van der Waals surface area contributed by atoms with Crippen molar-refractivity contribution in [1.82, 2.24) is 0 Å². The smallest absolute Gasteiger partial charge is 0.209 e. The van der Waals surface area contributed by atoms with Gasteiger partial charge in [0.25, 0.3) is 0 Å². The molecule has 0 aliphatic heterocycles. The predicted molar refractivity (Wildman–Crippen MR) is 126 cm³/mol. The van der Waals surface area contributed by atoms with Crippen molar-refractivity contribution in [3.8, 4) is 0 Å². The van der Waals surface area contributed by atoms with Gasteiger partial charge in [0.1, 0.15) is 4.91 Å². The second kappa shape index (κ2) is 10.4. The first-order chi connectivity index (χ1) is 15.0. The van der Waals surface area contributed by atoms with Gasteiger partial charge in [0.15, 0.2) is 0 Å². The molecule has 0 unspecified atom stereocenters. The summed E-state index contributed by atoms with van der Waals surface area (Å²) in [6.45, 7) is 2.00. The summed E-state index contributed by atoms with van der Waals surface area (Å²) >= 11 is 5.98. The molecule has 1 N–H and O–H groups in total. The van der Waals surface area contributed by atoms with E-state index in [2.05, 4.69) is 5.16 Å². The molecule has 0 heterocycles. The summed E-state index contributed by atoms with van der Waals surface area (Å²) in [6, 6.07) is 24.6. The molecule has 0 atom stereocenters. The third-order valence-corrected chi connectivity index (χ3v) is 7.02. The van der Waals surface area contributed by atoms with Crippen molar-refractivity contribution in [3.63, 3.8) is 0 Å². The van der Waals surface area contributed by atoms with Gasteiger partial charge in [0.2, 0.25) is 9.84 Å². The topological polar surface area (TPSA) is 66.7 Å². The summed E-state index contributed by atoms with van der Waals surface area (Å²) in [6.07, 6.45) is 1.85. The number of hydrogen-bond acceptors (Lipinski definition) is 4. The summed E-state index contributed by atoms with van der Waals surface area (Å²) in [5.41, 5.74) is 2.08. The minimum Gasteiger partial charge on any atom is -0.411 e. The van der Waals surface area contributed by atoms with Gasteiger partial charge in [-0.1, -0.05) is 90.8 Å². The van der Waals surface area contributed by atoms with Crippen LogP contribution in [-0.2, 0) is 9.84 Å². The third kappa shape index (κ3) is 5.24. The minimum absolute atomic E-state index is 0.00294. The number of hydrogen-bond donors (Lipinski definition) is 1. The van der Waals surface area contributed by atoms with E-state index >= 15 is 0 Å². The molecule has 3 rings (SSSR count). The molecule has 0 aliphatic carbocycles. The zero-order valence-electron chi connectivity index (χ0n) is 17.2. The van der Waals surface area contributed by atoms with Crippen LogP contribution in [0.15, 0.2) is 99.9 Å². The summed E-state index contributed by atoms with van der Waals surface area (Å²) in [5, 5.41) is 13.8. The number of halogens is 1. The molecule has 0 aliphatic rings. The average molecular weight is 454 g/mol. The molecule has 3 aromatic carbocycles. The maximum atomic E-state index is 13.9. The highest BCUT2D eigenvalue weighted by molar-refractivity contribution is 7.96. The van der Waals surface area contributed by atoms with Gasteiger partial charge >= 0.3 is 0 Å². The average Bonchev–Trinajstić information content (AvgIpc) is 2.80. The number of oxime groups is 1. The summed E-state index contributed by atoms with van der Waals surface area (Å²) < 4.78 is 27.8. The Kier molecular flexibility index (Phi) is 7.66. The number of nitrogens with zero attached hydrogens (tertiary/aromatic N) is 1. The Morgan fingerprint density at radius 2 is 1.39 bits per heavy atom. The maximum absolute atomic E-state index is 13.9. The standard InChI is InChI=1S/C25H24ClNO3S/c1-2-3-14-23(27-28)25(31(29,30)22-17-15-21(26)16-18-22)24(19-10-6-4-7-11-19)20-12-8-5-9-13-20/h4-13,15-18,28H,2-3,14H2,1H3/b27-23+. The Bertz CT molecular complexity index is 1130. The van der Waals surface area contributed by atoms with E-state index in [0.717, 1.165) is 17.5 Å². The van der Waals surface area contributed by atoms with Gasteiger partial charge < -0.3 is 5.21 Å². The van der Waals surface area contributed by atoms with E-state index in [0.29, 0.717) is 23.4 Å². The molecule has 4 nitrogen and oxygen atoms in total. The van der Waals surface area contributed by atoms with Crippen LogP contribution in [0.3, 0.4) is 0 Å². The fourth-order valence-electron chi connectivity index (χ4n) is 3.36. The van der Waals surface area contributed by atoms with Crippen molar-refractivity contribution >= 4 is 32.7 Å². The molecule has 6 heteroatoms. The van der Waals surface area contributed by atoms with Gasteiger partial charge in [-0.2, -0.15) is 0 Å². The first-order valence-electron chi connectivity index (χ1n) is 10.1. The van der Waals surface area contributed by atoms with E-state index in [1.165, 1.54) is 12.1 Å². The molecular formula is C25H24ClNO3S. The van der Waals surface area contributed by atoms with Gasteiger partial charge in [-0.25, -0.2) is 8.42 Å². The highest BCUT2D eigenvalue weighted by Crippen LogP contribution is 2.35. The lowest BCUT2D eigenvalue weighted by molar-refractivity contribution is 0.318. The lowest BCUT2D eigenvalue weighted by Gasteiger charge is -2.18. The Labute approximate surface area is 188 Å². The quantitative estimate of drug-likeness (QED) is 0.237. The Morgan fingerprint density at radius 1 is 0.871 bits per heavy atom. The predicted octanol–water partition coefficient (Wildman–Crippen LogP) is 6.59. The van der Waals surface area contributed by atoms with E-state index in [9.17, 15) is 13.6 Å². The van der Waals surface area contributed by atoms with Gasteiger partial charge in [-0.05, 0) is 48.2 Å². The molecule has 0 amide bonds. The van der Waals surface area contributed by atoms with Crippen LogP contribution in [0.4, 0.5) is 0 Å². The van der Waals surface area contributed by atoms with Gasteiger partial charge in [-0.15, -0.1) is 0 Å². The maximum Gasteiger partial charge on any atom is 0.209 e. The third-order valence-electron chi connectivity index (χ3n) is 4.89. The van der Waals surface area contributed by atoms with Crippen molar-refractivity contribution < 1.29 is 13.6 Å². The van der Waals surface area contributed by atoms with Crippen molar-refractivity contribution in [2.45, 2.75) is 31.1 Å². The number of allylic oxidation sites excluding steroid dienone is 1. The van der Waals surface area contributed by atoms with Gasteiger partial charge in [0, 0.05) is 10.6 Å². The fraction of sp³-hybridized carbons (Fsp3) is 0.160. The number of benzene rings is 3. The lowest BCUT2D eigenvalue weighted by Crippen LogP contribution is -2.17. The SMILES string of the molecule is CCCC/C(=N\O)C(=C(c1ccccc1)c1ccccc1)S(=O)(=O)c1ccc(Cl)cc1. The Morgan fingerprint density at radius 3 is 1.84 bits per heavy atom.